The van der Waals surface area contributed by atoms with Crippen LogP contribution in [0.3, 0.4) is 0 Å². The Morgan fingerprint density at radius 2 is 1.96 bits per heavy atom. The number of hydrogen-bond acceptors (Lipinski definition) is 3. The van der Waals surface area contributed by atoms with Gasteiger partial charge in [-0.1, -0.05) is 35.3 Å². The molecule has 7 heteroatoms. The Morgan fingerprint density at radius 3 is 2.72 bits per heavy atom. The first-order chi connectivity index (χ1) is 12.0. The molecule has 0 aliphatic carbocycles. The molecule has 1 heterocycles. The van der Waals surface area contributed by atoms with Gasteiger partial charge in [0, 0.05) is 24.1 Å². The molecule has 2 aromatic carbocycles. The fraction of sp³-hybridized carbons (Fsp3) is 0.111. The van der Waals surface area contributed by atoms with Gasteiger partial charge in [0.2, 0.25) is 5.91 Å². The molecule has 1 N–H and O–H groups in total. The highest BCUT2D eigenvalue weighted by molar-refractivity contribution is 6.33. The van der Waals surface area contributed by atoms with Crippen LogP contribution in [0.4, 0.5) is 10.1 Å². The van der Waals surface area contributed by atoms with Crippen molar-refractivity contribution in [1.29, 1.82) is 0 Å². The SMILES string of the molecule is O=C(CCc1ncc(-c2ccccc2Cl)o1)Nc1ccc(F)c(Cl)c1. The zero-order chi connectivity index (χ0) is 17.8. The van der Waals surface area contributed by atoms with Gasteiger partial charge in [0.05, 0.1) is 16.2 Å². The lowest BCUT2D eigenvalue weighted by Gasteiger charge is -2.05. The molecule has 0 aliphatic heterocycles. The number of amides is 1. The number of benzene rings is 2. The summed E-state index contributed by atoms with van der Waals surface area (Å²) in [5, 5.41) is 3.17. The summed E-state index contributed by atoms with van der Waals surface area (Å²) in [7, 11) is 0. The Labute approximate surface area is 153 Å². The van der Waals surface area contributed by atoms with Gasteiger partial charge in [0.1, 0.15) is 5.82 Å². The fourth-order valence-corrected chi connectivity index (χ4v) is 2.64. The number of aryl methyl sites for hydroxylation is 1. The van der Waals surface area contributed by atoms with Gasteiger partial charge < -0.3 is 9.73 Å². The van der Waals surface area contributed by atoms with Crippen LogP contribution in [0.2, 0.25) is 10.0 Å². The van der Waals surface area contributed by atoms with Gasteiger partial charge in [0.15, 0.2) is 11.7 Å². The Morgan fingerprint density at radius 1 is 1.16 bits per heavy atom. The lowest BCUT2D eigenvalue weighted by atomic mass is 10.2. The van der Waals surface area contributed by atoms with Crippen molar-refractivity contribution in [3.8, 4) is 11.3 Å². The third-order valence-corrected chi connectivity index (χ3v) is 4.08. The van der Waals surface area contributed by atoms with Gasteiger partial charge in [-0.15, -0.1) is 0 Å². The minimum Gasteiger partial charge on any atom is -0.441 e. The smallest absolute Gasteiger partial charge is 0.224 e. The molecule has 0 atom stereocenters. The van der Waals surface area contributed by atoms with Crippen LogP contribution >= 0.6 is 23.2 Å². The predicted molar refractivity (Wildman–Crippen MR) is 95.3 cm³/mol. The summed E-state index contributed by atoms with van der Waals surface area (Å²) < 4.78 is 18.7. The van der Waals surface area contributed by atoms with E-state index in [1.54, 1.807) is 12.3 Å². The van der Waals surface area contributed by atoms with Crippen LogP contribution in [-0.2, 0) is 11.2 Å². The van der Waals surface area contributed by atoms with E-state index in [0.29, 0.717) is 28.8 Å². The normalized spacial score (nSPS) is 10.7. The van der Waals surface area contributed by atoms with Crippen LogP contribution in [-0.4, -0.2) is 10.9 Å². The number of carbonyl (C=O) groups excluding carboxylic acids is 1. The van der Waals surface area contributed by atoms with E-state index in [2.05, 4.69) is 10.3 Å². The quantitative estimate of drug-likeness (QED) is 0.650. The molecule has 1 amide bonds. The van der Waals surface area contributed by atoms with Gasteiger partial charge in [-0.2, -0.15) is 0 Å². The van der Waals surface area contributed by atoms with Crippen molar-refractivity contribution in [3.63, 3.8) is 0 Å². The lowest BCUT2D eigenvalue weighted by Crippen LogP contribution is -2.12. The highest BCUT2D eigenvalue weighted by Crippen LogP contribution is 2.28. The van der Waals surface area contributed by atoms with Gasteiger partial charge in [-0.25, -0.2) is 9.37 Å². The lowest BCUT2D eigenvalue weighted by molar-refractivity contribution is -0.116. The van der Waals surface area contributed by atoms with Crippen molar-refractivity contribution in [2.45, 2.75) is 12.8 Å². The Hall–Kier alpha value is -2.37. The predicted octanol–water partition coefficient (Wildman–Crippen LogP) is 5.36. The molecule has 25 heavy (non-hydrogen) atoms. The summed E-state index contributed by atoms with van der Waals surface area (Å²) in [4.78, 5) is 16.1. The number of halogens is 3. The molecule has 1 aromatic heterocycles. The second-order valence-electron chi connectivity index (χ2n) is 5.28. The molecule has 0 bridgehead atoms. The van der Waals surface area contributed by atoms with Crippen LogP contribution in [0, 0.1) is 5.82 Å². The monoisotopic (exact) mass is 378 g/mol. The van der Waals surface area contributed by atoms with Crippen LogP contribution in [0.25, 0.3) is 11.3 Å². The molecule has 0 saturated heterocycles. The third-order valence-electron chi connectivity index (χ3n) is 3.46. The maximum absolute atomic E-state index is 13.1. The largest absolute Gasteiger partial charge is 0.441 e. The molecule has 0 spiro atoms. The van der Waals surface area contributed by atoms with Crippen molar-refractivity contribution >= 4 is 34.8 Å². The van der Waals surface area contributed by atoms with Crippen molar-refractivity contribution in [1.82, 2.24) is 4.98 Å². The van der Waals surface area contributed by atoms with E-state index in [4.69, 9.17) is 27.6 Å². The number of aromatic nitrogens is 1. The van der Waals surface area contributed by atoms with Crippen molar-refractivity contribution in [3.05, 3.63) is 70.4 Å². The van der Waals surface area contributed by atoms with E-state index < -0.39 is 5.82 Å². The minimum atomic E-state index is -0.536. The number of hydrogen-bond donors (Lipinski definition) is 1. The van der Waals surface area contributed by atoms with Gasteiger partial charge >= 0.3 is 0 Å². The average molecular weight is 379 g/mol. The van der Waals surface area contributed by atoms with Crippen LogP contribution < -0.4 is 5.32 Å². The van der Waals surface area contributed by atoms with E-state index in [9.17, 15) is 9.18 Å². The Bertz CT molecular complexity index is 912. The highest BCUT2D eigenvalue weighted by atomic mass is 35.5. The zero-order valence-corrected chi connectivity index (χ0v) is 14.4. The van der Waals surface area contributed by atoms with Crippen molar-refractivity contribution in [2.24, 2.45) is 0 Å². The summed E-state index contributed by atoms with van der Waals surface area (Å²) in [5.41, 5.74) is 1.17. The molecule has 0 radical (unpaired) electrons. The Balaban J connectivity index is 1.59. The molecule has 4 nitrogen and oxygen atoms in total. The topological polar surface area (TPSA) is 55.1 Å². The number of rotatable bonds is 5. The second kappa shape index (κ2) is 7.68. The summed E-state index contributed by atoms with van der Waals surface area (Å²) in [6.07, 6.45) is 2.07. The summed E-state index contributed by atoms with van der Waals surface area (Å²) >= 11 is 11.8. The van der Waals surface area contributed by atoms with Crippen molar-refractivity contribution < 1.29 is 13.6 Å². The molecule has 128 valence electrons. The number of nitrogens with one attached hydrogen (secondary N) is 1. The van der Waals surface area contributed by atoms with E-state index in [1.807, 2.05) is 18.2 Å². The van der Waals surface area contributed by atoms with Gasteiger partial charge in [-0.3, -0.25) is 4.79 Å². The first kappa shape index (κ1) is 17.5. The summed E-state index contributed by atoms with van der Waals surface area (Å²) in [6.45, 7) is 0. The van der Waals surface area contributed by atoms with Crippen LogP contribution in [0.15, 0.2) is 53.1 Å². The maximum Gasteiger partial charge on any atom is 0.224 e. The van der Waals surface area contributed by atoms with Crippen LogP contribution in [0.1, 0.15) is 12.3 Å². The number of anilines is 1. The maximum atomic E-state index is 13.1. The molecule has 0 aliphatic rings. The van der Waals surface area contributed by atoms with Crippen LogP contribution in [0.5, 0.6) is 0 Å². The number of oxazole rings is 1. The van der Waals surface area contributed by atoms with E-state index in [0.717, 1.165) is 5.56 Å². The summed E-state index contributed by atoms with van der Waals surface area (Å²) in [6, 6.07) is 11.3. The fourth-order valence-electron chi connectivity index (χ4n) is 2.23. The molecule has 0 saturated carbocycles. The summed E-state index contributed by atoms with van der Waals surface area (Å²) in [5.74, 6) is 0.195. The Kier molecular flexibility index (Phi) is 5.36. The standard InChI is InChI=1S/C18H13Cl2FN2O2/c19-13-4-2-1-3-12(13)16-10-22-18(25-16)8-7-17(24)23-11-5-6-15(21)14(20)9-11/h1-6,9-10H,7-8H2,(H,23,24). The molecule has 3 aromatic rings. The number of carbonyl (C=O) groups is 1. The third kappa shape index (κ3) is 4.38. The second-order valence-corrected chi connectivity index (χ2v) is 6.09. The molecular weight excluding hydrogens is 366 g/mol. The molecular formula is C18H13Cl2FN2O2. The molecule has 3 rings (SSSR count). The van der Waals surface area contributed by atoms with Crippen molar-refractivity contribution in [2.75, 3.05) is 5.32 Å². The first-order valence-corrected chi connectivity index (χ1v) is 8.23. The average Bonchev–Trinajstić information content (AvgIpc) is 3.05. The minimum absolute atomic E-state index is 0.0464. The molecule has 0 unspecified atom stereocenters. The molecule has 0 fully saturated rings. The van der Waals surface area contributed by atoms with Gasteiger partial charge in [0.25, 0.3) is 0 Å². The van der Waals surface area contributed by atoms with E-state index in [1.165, 1.54) is 18.2 Å². The first-order valence-electron chi connectivity index (χ1n) is 7.47. The highest BCUT2D eigenvalue weighted by Gasteiger charge is 2.11. The van der Waals surface area contributed by atoms with E-state index in [-0.39, 0.29) is 17.4 Å². The zero-order valence-electron chi connectivity index (χ0n) is 12.9. The van der Waals surface area contributed by atoms with E-state index >= 15 is 0 Å². The van der Waals surface area contributed by atoms with Gasteiger partial charge in [-0.05, 0) is 30.3 Å². The number of nitrogens with zero attached hydrogens (tertiary/aromatic N) is 1.